The highest BCUT2D eigenvalue weighted by Gasteiger charge is 2.41. The van der Waals surface area contributed by atoms with Crippen molar-refractivity contribution in [3.63, 3.8) is 0 Å². The lowest BCUT2D eigenvalue weighted by Crippen LogP contribution is -2.32. The number of nitrogens with zero attached hydrogens (tertiary/aromatic N) is 1. The Kier molecular flexibility index (Phi) is 6.86. The first-order chi connectivity index (χ1) is 17.0. The number of hydrogen-bond donors (Lipinski definition) is 2. The van der Waals surface area contributed by atoms with Crippen molar-refractivity contribution < 1.29 is 13.6 Å². The van der Waals surface area contributed by atoms with Gasteiger partial charge in [0.2, 0.25) is 0 Å². The van der Waals surface area contributed by atoms with Crippen LogP contribution in [0.3, 0.4) is 0 Å². The third-order valence-electron chi connectivity index (χ3n) is 8.53. The number of amides is 1. The number of halogens is 3. The molecule has 2 heterocycles. The van der Waals surface area contributed by atoms with Gasteiger partial charge < -0.3 is 11.5 Å². The van der Waals surface area contributed by atoms with Crippen LogP contribution >= 0.6 is 22.9 Å². The zero-order chi connectivity index (χ0) is 25.9. The molecule has 0 spiro atoms. The number of hydrogen-bond acceptors (Lipinski definition) is 4. The molecule has 0 radical (unpaired) electrons. The van der Waals surface area contributed by atoms with Crippen molar-refractivity contribution in [2.45, 2.75) is 95.8 Å². The molecule has 4 N–H and O–H groups in total. The van der Waals surface area contributed by atoms with E-state index in [4.69, 9.17) is 28.1 Å². The van der Waals surface area contributed by atoms with E-state index in [2.05, 4.69) is 19.9 Å². The molecule has 4 nitrogen and oxygen atoms in total. The number of allylic oxidation sites excluding steroid dienone is 2. The maximum atomic E-state index is 15.7. The summed E-state index contributed by atoms with van der Waals surface area (Å²) in [7, 11) is 0. The SMILES string of the molecule is CC1CCCC(/C=C2\CC(C)(C)Cc3c2nc2sc(C(N)=O)c(N)c2c3C2CCCC(Cl)C2F)C1F. The van der Waals surface area contributed by atoms with Crippen LogP contribution in [0.2, 0.25) is 0 Å². The third-order valence-corrected chi connectivity index (χ3v) is 10.1. The Morgan fingerprint density at radius 2 is 1.86 bits per heavy atom. The largest absolute Gasteiger partial charge is 0.397 e. The standard InChI is InChI=1S/C28H36ClF2N3OS/c1-13-6-4-7-14(21(13)30)10-15-11-28(2,3)12-17-19(16-8-5-9-18(29)22(16)31)20-23(32)25(26(33)35)36-27(20)34-24(15)17/h10,13-14,16,18,21-22H,4-9,11-12,32H2,1-3H3,(H2,33,35)/b15-10+. The zero-order valence-corrected chi connectivity index (χ0v) is 22.8. The minimum absolute atomic E-state index is 0.0353. The Morgan fingerprint density at radius 3 is 2.58 bits per heavy atom. The molecule has 2 fully saturated rings. The number of nitrogen functional groups attached to an aromatic ring is 1. The van der Waals surface area contributed by atoms with Crippen LogP contribution in [0.5, 0.6) is 0 Å². The van der Waals surface area contributed by atoms with Crippen LogP contribution in [-0.4, -0.2) is 28.6 Å². The number of primary amides is 1. The van der Waals surface area contributed by atoms with Gasteiger partial charge in [-0.05, 0) is 66.6 Å². The van der Waals surface area contributed by atoms with E-state index < -0.39 is 29.5 Å². The molecule has 2 saturated carbocycles. The van der Waals surface area contributed by atoms with Gasteiger partial charge in [-0.3, -0.25) is 4.79 Å². The molecular weight excluding hydrogens is 500 g/mol. The Hall–Kier alpha value is -1.73. The summed E-state index contributed by atoms with van der Waals surface area (Å²) in [6, 6.07) is 0. The van der Waals surface area contributed by atoms with Gasteiger partial charge in [0.05, 0.1) is 16.8 Å². The monoisotopic (exact) mass is 535 g/mol. The van der Waals surface area contributed by atoms with E-state index in [1.54, 1.807) is 0 Å². The van der Waals surface area contributed by atoms with Crippen LogP contribution in [0.1, 0.15) is 98.1 Å². The highest BCUT2D eigenvalue weighted by Crippen LogP contribution is 2.52. The van der Waals surface area contributed by atoms with E-state index in [9.17, 15) is 4.79 Å². The summed E-state index contributed by atoms with van der Waals surface area (Å²) in [5.41, 5.74) is 16.0. The molecule has 2 aromatic rings. The first-order valence-electron chi connectivity index (χ1n) is 13.2. The lowest BCUT2D eigenvalue weighted by molar-refractivity contribution is 0.100. The van der Waals surface area contributed by atoms with Crippen molar-refractivity contribution >= 4 is 50.3 Å². The summed E-state index contributed by atoms with van der Waals surface area (Å²) in [6.45, 7) is 6.37. The summed E-state index contributed by atoms with van der Waals surface area (Å²) in [4.78, 5) is 18.1. The van der Waals surface area contributed by atoms with E-state index in [1.165, 1.54) is 11.3 Å². The molecular formula is C28H36ClF2N3OS. The minimum atomic E-state index is -1.22. The smallest absolute Gasteiger partial charge is 0.260 e. The molecule has 0 saturated heterocycles. The van der Waals surface area contributed by atoms with Crippen LogP contribution in [0, 0.1) is 17.3 Å². The van der Waals surface area contributed by atoms with Crippen LogP contribution in [0.15, 0.2) is 6.08 Å². The van der Waals surface area contributed by atoms with E-state index >= 15 is 8.78 Å². The average molecular weight is 536 g/mol. The maximum absolute atomic E-state index is 15.7. The molecule has 1 amide bonds. The number of nitrogens with two attached hydrogens (primary N) is 2. The van der Waals surface area contributed by atoms with Crippen LogP contribution in [0.4, 0.5) is 14.5 Å². The van der Waals surface area contributed by atoms with Gasteiger partial charge in [-0.25, -0.2) is 13.8 Å². The van der Waals surface area contributed by atoms with Crippen molar-refractivity contribution in [1.29, 1.82) is 0 Å². The summed E-state index contributed by atoms with van der Waals surface area (Å²) in [5.74, 6) is -1.16. The zero-order valence-electron chi connectivity index (χ0n) is 21.3. The first kappa shape index (κ1) is 25.9. The molecule has 6 unspecified atom stereocenters. The maximum Gasteiger partial charge on any atom is 0.260 e. The Labute approximate surface area is 220 Å². The van der Waals surface area contributed by atoms with Crippen LogP contribution in [0.25, 0.3) is 15.8 Å². The molecule has 3 aliphatic carbocycles. The molecule has 0 bridgehead atoms. The fraction of sp³-hybridized carbons (Fsp3) is 0.643. The van der Waals surface area contributed by atoms with Gasteiger partial charge in [0.25, 0.3) is 5.91 Å². The van der Waals surface area contributed by atoms with Gasteiger partial charge in [0.1, 0.15) is 22.1 Å². The van der Waals surface area contributed by atoms with Crippen molar-refractivity contribution in [3.8, 4) is 0 Å². The number of fused-ring (bicyclic) bond motifs is 2. The molecule has 3 aliphatic rings. The number of anilines is 1. The second kappa shape index (κ2) is 9.54. The molecule has 196 valence electrons. The minimum Gasteiger partial charge on any atom is -0.397 e. The highest BCUT2D eigenvalue weighted by atomic mass is 35.5. The van der Waals surface area contributed by atoms with Crippen molar-refractivity contribution in [1.82, 2.24) is 4.98 Å². The Bertz CT molecular complexity index is 1230. The predicted octanol–water partition coefficient (Wildman–Crippen LogP) is 7.32. The second-order valence-corrected chi connectivity index (χ2v) is 13.5. The van der Waals surface area contributed by atoms with Crippen LogP contribution in [-0.2, 0) is 6.42 Å². The first-order valence-corrected chi connectivity index (χ1v) is 14.4. The number of alkyl halides is 3. The van der Waals surface area contributed by atoms with Gasteiger partial charge in [-0.1, -0.05) is 39.7 Å². The number of carbonyl (C=O) groups is 1. The average Bonchev–Trinajstić information content (AvgIpc) is 3.14. The van der Waals surface area contributed by atoms with Crippen LogP contribution < -0.4 is 11.5 Å². The molecule has 8 heteroatoms. The van der Waals surface area contributed by atoms with Gasteiger partial charge in [-0.15, -0.1) is 22.9 Å². The molecule has 6 atom stereocenters. The fourth-order valence-electron chi connectivity index (χ4n) is 6.79. The van der Waals surface area contributed by atoms with Crippen molar-refractivity contribution in [3.05, 3.63) is 27.8 Å². The second-order valence-electron chi connectivity index (χ2n) is 12.0. The van der Waals surface area contributed by atoms with E-state index in [1.807, 2.05) is 6.92 Å². The van der Waals surface area contributed by atoms with E-state index in [-0.39, 0.29) is 27.8 Å². The number of pyridine rings is 1. The van der Waals surface area contributed by atoms with E-state index in [0.29, 0.717) is 29.5 Å². The van der Waals surface area contributed by atoms with Crippen molar-refractivity contribution in [2.75, 3.05) is 5.73 Å². The Morgan fingerprint density at radius 1 is 1.14 bits per heavy atom. The topological polar surface area (TPSA) is 82.0 Å². The molecule has 0 aliphatic heterocycles. The van der Waals surface area contributed by atoms with Gasteiger partial charge in [0.15, 0.2) is 0 Å². The number of carbonyl (C=O) groups excluding carboxylic acids is 1. The molecule has 0 aromatic carbocycles. The summed E-state index contributed by atoms with van der Waals surface area (Å²) >= 11 is 7.60. The molecule has 5 rings (SSSR count). The van der Waals surface area contributed by atoms with E-state index in [0.717, 1.165) is 54.5 Å². The predicted molar refractivity (Wildman–Crippen MR) is 145 cm³/mol. The van der Waals surface area contributed by atoms with Gasteiger partial charge in [-0.2, -0.15) is 0 Å². The fourth-order valence-corrected chi connectivity index (χ4v) is 8.08. The normalized spacial score (nSPS) is 33.6. The number of rotatable bonds is 3. The lowest BCUT2D eigenvalue weighted by Gasteiger charge is -2.38. The number of aromatic nitrogens is 1. The van der Waals surface area contributed by atoms with Crippen molar-refractivity contribution in [2.24, 2.45) is 23.0 Å². The molecule has 2 aromatic heterocycles. The summed E-state index contributed by atoms with van der Waals surface area (Å²) in [5, 5.41) is 0.0818. The third kappa shape index (κ3) is 4.44. The molecule has 36 heavy (non-hydrogen) atoms. The van der Waals surface area contributed by atoms with Gasteiger partial charge in [0, 0.05) is 17.2 Å². The Balaban J connectivity index is 1.77. The quantitative estimate of drug-likeness (QED) is 0.404. The lowest BCUT2D eigenvalue weighted by atomic mass is 9.68. The highest BCUT2D eigenvalue weighted by molar-refractivity contribution is 7.21. The summed E-state index contributed by atoms with van der Waals surface area (Å²) in [6.07, 6.45) is 6.32. The van der Waals surface area contributed by atoms with Gasteiger partial charge >= 0.3 is 0 Å². The summed E-state index contributed by atoms with van der Waals surface area (Å²) < 4.78 is 31.0. The number of thiophene rings is 1.